The van der Waals surface area contributed by atoms with Crippen molar-refractivity contribution in [1.29, 1.82) is 0 Å². The first-order valence-electron chi connectivity index (χ1n) is 38.1. The molecule has 0 rings (SSSR count). The van der Waals surface area contributed by atoms with E-state index in [1.54, 1.807) is 6.08 Å². The van der Waals surface area contributed by atoms with E-state index in [4.69, 9.17) is 4.74 Å². The van der Waals surface area contributed by atoms with E-state index < -0.39 is 12.1 Å². The average molecular weight is 1170 g/mol. The van der Waals surface area contributed by atoms with Gasteiger partial charge in [0.05, 0.1) is 25.4 Å². The summed E-state index contributed by atoms with van der Waals surface area (Å²) in [4.78, 5) is 24.7. The van der Waals surface area contributed by atoms with Gasteiger partial charge in [-0.25, -0.2) is 0 Å². The van der Waals surface area contributed by atoms with Gasteiger partial charge in [0.1, 0.15) is 0 Å². The van der Waals surface area contributed by atoms with E-state index in [9.17, 15) is 19.8 Å². The highest BCUT2D eigenvalue weighted by Gasteiger charge is 2.18. The molecule has 0 aliphatic carbocycles. The number of ether oxygens (including phenoxy) is 1. The molecule has 6 heteroatoms. The van der Waals surface area contributed by atoms with E-state index in [-0.39, 0.29) is 18.5 Å². The molecule has 0 aromatic carbocycles. The molecule has 0 fully saturated rings. The average Bonchev–Trinajstić information content (AvgIpc) is 3.49. The Labute approximate surface area is 520 Å². The maximum Gasteiger partial charge on any atom is 0.305 e. The predicted octanol–water partition coefficient (Wildman–Crippen LogP) is 24.9. The Hall–Kier alpha value is -1.66. The fourth-order valence-corrected chi connectivity index (χ4v) is 12.2. The van der Waals surface area contributed by atoms with Gasteiger partial charge in [0.15, 0.2) is 0 Å². The molecule has 0 aromatic rings. The number of aliphatic hydroxyl groups excluding tert-OH is 2. The van der Waals surface area contributed by atoms with Crippen LogP contribution >= 0.6 is 0 Å². The van der Waals surface area contributed by atoms with Gasteiger partial charge < -0.3 is 20.3 Å². The zero-order valence-electron chi connectivity index (χ0n) is 56.5. The molecule has 2 atom stereocenters. The van der Waals surface area contributed by atoms with Crippen LogP contribution < -0.4 is 5.32 Å². The van der Waals surface area contributed by atoms with Crippen LogP contribution in [-0.2, 0) is 14.3 Å². The summed E-state index contributed by atoms with van der Waals surface area (Å²) >= 11 is 0. The van der Waals surface area contributed by atoms with Crippen LogP contribution in [0.2, 0.25) is 0 Å². The van der Waals surface area contributed by atoms with Crippen LogP contribution in [0.3, 0.4) is 0 Å². The van der Waals surface area contributed by atoms with Crippen LogP contribution in [0, 0.1) is 0 Å². The number of amides is 1. The summed E-state index contributed by atoms with van der Waals surface area (Å²) in [6, 6.07) is -0.631. The Balaban J connectivity index is 3.40. The lowest BCUT2D eigenvalue weighted by Gasteiger charge is -2.20. The van der Waals surface area contributed by atoms with Crippen molar-refractivity contribution >= 4 is 11.9 Å². The minimum atomic E-state index is -0.848. The molecule has 0 radical (unpaired) electrons. The van der Waals surface area contributed by atoms with Crippen molar-refractivity contribution in [2.45, 2.75) is 443 Å². The van der Waals surface area contributed by atoms with Gasteiger partial charge in [0.2, 0.25) is 5.91 Å². The number of carbonyl (C=O) groups excluding carboxylic acids is 2. The SMILES string of the molecule is CCCCCCCCCCCCCCCCCCCCCC/C=C/C(O)C(CO)NC(=O)CCCCCCCCCCC/C=C\CCCCCCCCCCCCCCOC(=O)CCCCCCCCCCCCCCCCCCCCC. The zero-order valence-corrected chi connectivity index (χ0v) is 56.5. The fourth-order valence-electron chi connectivity index (χ4n) is 12.2. The lowest BCUT2D eigenvalue weighted by molar-refractivity contribution is -0.143. The largest absolute Gasteiger partial charge is 0.466 e. The normalized spacial score (nSPS) is 12.6. The molecule has 0 saturated heterocycles. The van der Waals surface area contributed by atoms with Crippen LogP contribution in [0.25, 0.3) is 0 Å². The summed E-state index contributed by atoms with van der Waals surface area (Å²) in [6.07, 6.45) is 92.8. The fraction of sp³-hybridized carbons (Fsp3) is 0.922. The quantitative estimate of drug-likeness (QED) is 0.0320. The summed E-state index contributed by atoms with van der Waals surface area (Å²) in [6.45, 7) is 4.96. The van der Waals surface area contributed by atoms with Gasteiger partial charge in [-0.05, 0) is 57.8 Å². The van der Waals surface area contributed by atoms with Crippen LogP contribution in [0.15, 0.2) is 24.3 Å². The summed E-state index contributed by atoms with van der Waals surface area (Å²) in [5.74, 6) is -0.0475. The molecule has 0 saturated carbocycles. The number of aliphatic hydroxyl groups is 2. The van der Waals surface area contributed by atoms with Gasteiger partial charge in [-0.1, -0.05) is 385 Å². The van der Waals surface area contributed by atoms with E-state index in [1.165, 1.54) is 366 Å². The van der Waals surface area contributed by atoms with E-state index in [0.717, 1.165) is 38.5 Å². The highest BCUT2D eigenvalue weighted by Crippen LogP contribution is 2.19. The summed E-state index contributed by atoms with van der Waals surface area (Å²) in [5.41, 5.74) is 0. The third kappa shape index (κ3) is 69.3. The maximum atomic E-state index is 12.5. The zero-order chi connectivity index (χ0) is 59.9. The first kappa shape index (κ1) is 81.3. The second kappa shape index (κ2) is 72.8. The Kier molecular flexibility index (Phi) is 71.4. The van der Waals surface area contributed by atoms with E-state index in [2.05, 4.69) is 31.3 Å². The molecule has 0 aromatic heterocycles. The van der Waals surface area contributed by atoms with Crippen molar-refractivity contribution in [2.24, 2.45) is 0 Å². The number of hydrogen-bond donors (Lipinski definition) is 3. The van der Waals surface area contributed by atoms with Gasteiger partial charge in [0, 0.05) is 12.8 Å². The van der Waals surface area contributed by atoms with E-state index in [0.29, 0.717) is 19.4 Å². The minimum Gasteiger partial charge on any atom is -0.466 e. The van der Waals surface area contributed by atoms with Crippen LogP contribution in [0.4, 0.5) is 0 Å². The molecule has 0 aliphatic rings. The van der Waals surface area contributed by atoms with E-state index in [1.807, 2.05) is 6.08 Å². The molecule has 0 aliphatic heterocycles. The number of esters is 1. The Morgan fingerprint density at radius 3 is 0.855 bits per heavy atom. The minimum absolute atomic E-state index is 0.0189. The summed E-state index contributed by atoms with van der Waals surface area (Å²) < 4.78 is 5.52. The molecule has 2 unspecified atom stereocenters. The third-order valence-electron chi connectivity index (χ3n) is 18.0. The van der Waals surface area contributed by atoms with Crippen LogP contribution in [0.1, 0.15) is 431 Å². The molecular weight excluding hydrogens is 1020 g/mol. The second-order valence-corrected chi connectivity index (χ2v) is 26.3. The first-order valence-corrected chi connectivity index (χ1v) is 38.1. The topological polar surface area (TPSA) is 95.9 Å². The Morgan fingerprint density at radius 2 is 0.566 bits per heavy atom. The van der Waals surface area contributed by atoms with Crippen LogP contribution in [-0.4, -0.2) is 47.4 Å². The number of allylic oxidation sites excluding steroid dienone is 3. The monoisotopic (exact) mass is 1170 g/mol. The summed E-state index contributed by atoms with van der Waals surface area (Å²) in [7, 11) is 0. The van der Waals surface area contributed by atoms with Crippen molar-refractivity contribution < 1.29 is 24.5 Å². The number of nitrogens with one attached hydrogen (secondary N) is 1. The van der Waals surface area contributed by atoms with Crippen molar-refractivity contribution in [3.63, 3.8) is 0 Å². The Morgan fingerprint density at radius 1 is 0.325 bits per heavy atom. The second-order valence-electron chi connectivity index (χ2n) is 26.3. The molecule has 0 spiro atoms. The molecule has 492 valence electrons. The molecule has 1 amide bonds. The van der Waals surface area contributed by atoms with Crippen molar-refractivity contribution in [2.75, 3.05) is 13.2 Å². The van der Waals surface area contributed by atoms with Crippen molar-refractivity contribution in [3.8, 4) is 0 Å². The van der Waals surface area contributed by atoms with E-state index >= 15 is 0 Å². The number of rotatable bonds is 72. The predicted molar refractivity (Wildman–Crippen MR) is 366 cm³/mol. The summed E-state index contributed by atoms with van der Waals surface area (Å²) in [5, 5.41) is 23.3. The highest BCUT2D eigenvalue weighted by molar-refractivity contribution is 5.76. The lowest BCUT2D eigenvalue weighted by Crippen LogP contribution is -2.45. The smallest absolute Gasteiger partial charge is 0.305 e. The molecule has 83 heavy (non-hydrogen) atoms. The molecule has 0 bridgehead atoms. The van der Waals surface area contributed by atoms with Gasteiger partial charge in [-0.2, -0.15) is 0 Å². The standard InChI is InChI=1S/C77H149NO5/c1-3-5-7-9-11-13-15-17-19-21-23-24-30-34-37-41-45-49-53-57-61-65-69-75(80)74(73-79)78-76(81)70-66-62-58-54-50-46-42-38-35-31-28-26-25-27-29-32-36-40-44-48-52-56-60-64-68-72-83-77(82)71-67-63-59-55-51-47-43-39-33-22-20-18-16-14-12-10-8-6-4-2/h26,28,65,69,74-75,79-80H,3-25,27,29-64,66-68,70-73H2,1-2H3,(H,78,81)/b28-26-,69-65+. The molecular formula is C77H149NO5. The highest BCUT2D eigenvalue weighted by atomic mass is 16.5. The van der Waals surface area contributed by atoms with Gasteiger partial charge in [-0.3, -0.25) is 9.59 Å². The number of hydrogen-bond acceptors (Lipinski definition) is 5. The van der Waals surface area contributed by atoms with Crippen molar-refractivity contribution in [1.82, 2.24) is 5.32 Å². The maximum absolute atomic E-state index is 12.5. The first-order chi connectivity index (χ1) is 41.0. The molecule has 0 heterocycles. The third-order valence-corrected chi connectivity index (χ3v) is 18.0. The molecule has 6 nitrogen and oxygen atoms in total. The van der Waals surface area contributed by atoms with Gasteiger partial charge >= 0.3 is 5.97 Å². The van der Waals surface area contributed by atoms with Gasteiger partial charge in [-0.15, -0.1) is 0 Å². The number of carbonyl (C=O) groups is 2. The lowest BCUT2D eigenvalue weighted by atomic mass is 10.0. The van der Waals surface area contributed by atoms with Crippen LogP contribution in [0.5, 0.6) is 0 Å². The number of unbranched alkanes of at least 4 members (excludes halogenated alkanes) is 59. The molecule has 3 N–H and O–H groups in total. The Bertz CT molecular complexity index is 1300. The van der Waals surface area contributed by atoms with Gasteiger partial charge in [0.25, 0.3) is 0 Å². The van der Waals surface area contributed by atoms with Crippen molar-refractivity contribution in [3.05, 3.63) is 24.3 Å².